The van der Waals surface area contributed by atoms with Gasteiger partial charge in [-0.1, -0.05) is 19.8 Å². The average Bonchev–Trinajstić information content (AvgIpc) is 3.18. The third kappa shape index (κ3) is 3.69. The van der Waals surface area contributed by atoms with Crippen molar-refractivity contribution in [2.24, 2.45) is 11.7 Å². The normalized spacial score (nSPS) is 33.0. The summed E-state index contributed by atoms with van der Waals surface area (Å²) in [5, 5.41) is 0. The van der Waals surface area contributed by atoms with Gasteiger partial charge >= 0.3 is 0 Å². The summed E-state index contributed by atoms with van der Waals surface area (Å²) < 4.78 is 5.27. The Balaban J connectivity index is 1.92. The van der Waals surface area contributed by atoms with Gasteiger partial charge in [0.25, 0.3) is 0 Å². The maximum Gasteiger partial charge on any atom is 0.0589 e. The van der Waals surface area contributed by atoms with E-state index in [1.807, 2.05) is 0 Å². The number of hydrogen-bond acceptors (Lipinski definition) is 3. The Hall–Kier alpha value is -0.120. The van der Waals surface area contributed by atoms with Crippen molar-refractivity contribution in [3.05, 3.63) is 0 Å². The molecule has 0 spiro atoms. The van der Waals surface area contributed by atoms with E-state index in [0.29, 0.717) is 12.1 Å². The fourth-order valence-corrected chi connectivity index (χ4v) is 3.53. The zero-order chi connectivity index (χ0) is 13.0. The second-order valence-electron chi connectivity index (χ2n) is 6.16. The summed E-state index contributed by atoms with van der Waals surface area (Å²) in [5.41, 5.74) is 6.39. The fraction of sp³-hybridized carbons (Fsp3) is 1.00. The van der Waals surface area contributed by atoms with Gasteiger partial charge in [0.2, 0.25) is 0 Å². The number of hydrogen-bond donors (Lipinski definition) is 1. The van der Waals surface area contributed by atoms with Gasteiger partial charge in [0.15, 0.2) is 0 Å². The van der Waals surface area contributed by atoms with E-state index in [2.05, 4.69) is 11.8 Å². The van der Waals surface area contributed by atoms with Gasteiger partial charge in [-0.3, -0.25) is 4.90 Å². The van der Waals surface area contributed by atoms with Crippen LogP contribution in [0.15, 0.2) is 0 Å². The van der Waals surface area contributed by atoms with Crippen LogP contribution in [-0.2, 0) is 4.74 Å². The summed E-state index contributed by atoms with van der Waals surface area (Å²) in [4.78, 5) is 2.66. The van der Waals surface area contributed by atoms with Crippen LogP contribution in [0.25, 0.3) is 0 Å². The molecule has 2 rings (SSSR count). The molecule has 0 aromatic rings. The predicted octanol–water partition coefficient (Wildman–Crippen LogP) is 2.39. The first-order chi connectivity index (χ1) is 8.76. The highest BCUT2D eigenvalue weighted by Gasteiger charge is 2.38. The van der Waals surface area contributed by atoms with Crippen LogP contribution in [-0.4, -0.2) is 43.3 Å². The molecule has 18 heavy (non-hydrogen) atoms. The van der Waals surface area contributed by atoms with Gasteiger partial charge in [0.1, 0.15) is 0 Å². The van der Waals surface area contributed by atoms with Crippen LogP contribution in [0.1, 0.15) is 51.9 Å². The van der Waals surface area contributed by atoms with Gasteiger partial charge < -0.3 is 10.5 Å². The molecule has 0 aromatic carbocycles. The van der Waals surface area contributed by atoms with Crippen LogP contribution >= 0.6 is 0 Å². The Kier molecular flexibility index (Phi) is 5.46. The SMILES string of the molecule is CCCC1CCC(N)C(N(CCOC)C2CC2)C1. The van der Waals surface area contributed by atoms with Crippen molar-refractivity contribution < 1.29 is 4.74 Å². The number of nitrogens with two attached hydrogens (primary N) is 1. The molecule has 106 valence electrons. The van der Waals surface area contributed by atoms with Crippen molar-refractivity contribution >= 4 is 0 Å². The van der Waals surface area contributed by atoms with E-state index >= 15 is 0 Å². The highest BCUT2D eigenvalue weighted by Crippen LogP contribution is 2.36. The van der Waals surface area contributed by atoms with Crippen molar-refractivity contribution in [2.75, 3.05) is 20.3 Å². The molecule has 0 aliphatic heterocycles. The Morgan fingerprint density at radius 2 is 2.00 bits per heavy atom. The van der Waals surface area contributed by atoms with Crippen LogP contribution in [0.3, 0.4) is 0 Å². The number of methoxy groups -OCH3 is 1. The molecular formula is C15H30N2O. The van der Waals surface area contributed by atoms with Gasteiger partial charge in [0, 0.05) is 31.8 Å². The predicted molar refractivity (Wildman–Crippen MR) is 75.6 cm³/mol. The van der Waals surface area contributed by atoms with Crippen molar-refractivity contribution in [3.8, 4) is 0 Å². The molecule has 2 N–H and O–H groups in total. The molecule has 3 heteroatoms. The maximum absolute atomic E-state index is 6.39. The van der Waals surface area contributed by atoms with Crippen molar-refractivity contribution in [3.63, 3.8) is 0 Å². The van der Waals surface area contributed by atoms with Crippen LogP contribution in [0, 0.1) is 5.92 Å². The number of ether oxygens (including phenoxy) is 1. The van der Waals surface area contributed by atoms with E-state index < -0.39 is 0 Å². The summed E-state index contributed by atoms with van der Waals surface area (Å²) >= 11 is 0. The lowest BCUT2D eigenvalue weighted by molar-refractivity contribution is 0.0699. The summed E-state index contributed by atoms with van der Waals surface area (Å²) in [6, 6.07) is 1.80. The van der Waals surface area contributed by atoms with Gasteiger partial charge in [-0.25, -0.2) is 0 Å². The van der Waals surface area contributed by atoms with E-state index in [4.69, 9.17) is 10.5 Å². The first-order valence-corrected chi connectivity index (χ1v) is 7.76. The molecule has 0 heterocycles. The minimum Gasteiger partial charge on any atom is -0.383 e. The lowest BCUT2D eigenvalue weighted by Crippen LogP contribution is -2.53. The quantitative estimate of drug-likeness (QED) is 0.758. The van der Waals surface area contributed by atoms with Gasteiger partial charge in [-0.2, -0.15) is 0 Å². The molecule has 2 aliphatic rings. The summed E-state index contributed by atoms with van der Waals surface area (Å²) in [5.74, 6) is 0.906. The lowest BCUT2D eigenvalue weighted by Gasteiger charge is -2.41. The Morgan fingerprint density at radius 1 is 1.22 bits per heavy atom. The summed E-state index contributed by atoms with van der Waals surface area (Å²) in [6.07, 6.45) is 9.30. The van der Waals surface area contributed by atoms with Gasteiger partial charge in [-0.05, 0) is 38.0 Å². The first-order valence-electron chi connectivity index (χ1n) is 7.76. The molecule has 3 unspecified atom stereocenters. The Labute approximate surface area is 112 Å². The van der Waals surface area contributed by atoms with Gasteiger partial charge in [-0.15, -0.1) is 0 Å². The lowest BCUT2D eigenvalue weighted by atomic mass is 9.79. The molecule has 0 saturated heterocycles. The standard InChI is InChI=1S/C15H30N2O/c1-3-4-12-5-8-14(16)15(11-12)17(9-10-18-2)13-6-7-13/h12-15H,3-11,16H2,1-2H3. The molecule has 3 nitrogen and oxygen atoms in total. The van der Waals surface area contributed by atoms with E-state index in [1.165, 1.54) is 44.9 Å². The minimum absolute atomic E-state index is 0.385. The molecule has 0 aromatic heterocycles. The number of rotatable bonds is 7. The zero-order valence-corrected chi connectivity index (χ0v) is 12.1. The third-order valence-electron chi connectivity index (χ3n) is 4.67. The van der Waals surface area contributed by atoms with Crippen molar-refractivity contribution in [1.82, 2.24) is 4.90 Å². The molecular weight excluding hydrogens is 224 g/mol. The molecule has 0 bridgehead atoms. The zero-order valence-electron chi connectivity index (χ0n) is 12.1. The minimum atomic E-state index is 0.385. The second kappa shape index (κ2) is 6.88. The highest BCUT2D eigenvalue weighted by molar-refractivity contribution is 4.95. The van der Waals surface area contributed by atoms with Gasteiger partial charge in [0.05, 0.1) is 6.61 Å². The van der Waals surface area contributed by atoms with E-state index in [0.717, 1.165) is 25.1 Å². The monoisotopic (exact) mass is 254 g/mol. The molecule has 0 radical (unpaired) electrons. The molecule has 2 aliphatic carbocycles. The third-order valence-corrected chi connectivity index (χ3v) is 4.67. The number of nitrogens with zero attached hydrogens (tertiary/aromatic N) is 1. The Bertz CT molecular complexity index is 243. The Morgan fingerprint density at radius 3 is 2.61 bits per heavy atom. The van der Waals surface area contributed by atoms with Crippen LogP contribution in [0.2, 0.25) is 0 Å². The fourth-order valence-electron chi connectivity index (χ4n) is 3.53. The first kappa shape index (κ1) is 14.3. The molecule has 2 saturated carbocycles. The molecule has 2 fully saturated rings. The smallest absolute Gasteiger partial charge is 0.0589 e. The van der Waals surface area contributed by atoms with Crippen molar-refractivity contribution in [1.29, 1.82) is 0 Å². The van der Waals surface area contributed by atoms with E-state index in [1.54, 1.807) is 7.11 Å². The molecule has 3 atom stereocenters. The summed E-state index contributed by atoms with van der Waals surface area (Å²) in [7, 11) is 1.80. The van der Waals surface area contributed by atoms with Crippen molar-refractivity contribution in [2.45, 2.75) is 70.0 Å². The van der Waals surface area contributed by atoms with Crippen LogP contribution in [0.4, 0.5) is 0 Å². The van der Waals surface area contributed by atoms with Crippen LogP contribution < -0.4 is 5.73 Å². The largest absolute Gasteiger partial charge is 0.383 e. The molecule has 0 amide bonds. The second-order valence-corrected chi connectivity index (χ2v) is 6.16. The highest BCUT2D eigenvalue weighted by atomic mass is 16.5. The maximum atomic E-state index is 6.39. The average molecular weight is 254 g/mol. The topological polar surface area (TPSA) is 38.5 Å². The van der Waals surface area contributed by atoms with E-state index in [-0.39, 0.29) is 0 Å². The van der Waals surface area contributed by atoms with E-state index in [9.17, 15) is 0 Å². The van der Waals surface area contributed by atoms with Crippen LogP contribution in [0.5, 0.6) is 0 Å². The summed E-state index contributed by atoms with van der Waals surface area (Å²) in [6.45, 7) is 4.21.